The van der Waals surface area contributed by atoms with E-state index >= 15 is 0 Å². The van der Waals surface area contributed by atoms with Gasteiger partial charge in [-0.25, -0.2) is 4.79 Å². The van der Waals surface area contributed by atoms with E-state index in [-0.39, 0.29) is 18.0 Å². The number of aryl methyl sites for hydroxylation is 1. The number of amides is 3. The smallest absolute Gasteiger partial charge is 0.317 e. The van der Waals surface area contributed by atoms with Crippen LogP contribution in [0.1, 0.15) is 34.8 Å². The summed E-state index contributed by atoms with van der Waals surface area (Å²) in [6.45, 7) is 6.17. The van der Waals surface area contributed by atoms with Crippen LogP contribution in [0.15, 0.2) is 48.5 Å². The van der Waals surface area contributed by atoms with Crippen LogP contribution in [0.2, 0.25) is 0 Å². The Morgan fingerprint density at radius 2 is 2.00 bits per heavy atom. The van der Waals surface area contributed by atoms with Gasteiger partial charge in [0.1, 0.15) is 12.4 Å². The first-order chi connectivity index (χ1) is 13.5. The van der Waals surface area contributed by atoms with E-state index < -0.39 is 0 Å². The minimum atomic E-state index is -0.149. The SMILES string of the molecule is CCNC(=O)N1CC[C@@H](NC(=O)c2cccc(OCc3cccc(C)c3)c2)C1. The Bertz CT molecular complexity index is 837. The Morgan fingerprint density at radius 3 is 2.79 bits per heavy atom. The van der Waals surface area contributed by atoms with E-state index in [0.29, 0.717) is 37.6 Å². The Morgan fingerprint density at radius 1 is 1.18 bits per heavy atom. The Hall–Kier alpha value is -3.02. The van der Waals surface area contributed by atoms with Crippen LogP contribution in [0, 0.1) is 6.92 Å². The Kier molecular flexibility index (Phi) is 6.53. The molecular formula is C22H27N3O3. The van der Waals surface area contributed by atoms with Crippen molar-refractivity contribution >= 4 is 11.9 Å². The molecule has 1 fully saturated rings. The highest BCUT2D eigenvalue weighted by atomic mass is 16.5. The summed E-state index contributed by atoms with van der Waals surface area (Å²) in [6.07, 6.45) is 0.756. The number of ether oxygens (including phenoxy) is 1. The predicted octanol–water partition coefficient (Wildman–Crippen LogP) is 3.11. The third kappa shape index (κ3) is 5.25. The molecular weight excluding hydrogens is 354 g/mol. The molecule has 1 aliphatic heterocycles. The molecule has 6 nitrogen and oxygen atoms in total. The van der Waals surface area contributed by atoms with Gasteiger partial charge in [-0.1, -0.05) is 35.9 Å². The van der Waals surface area contributed by atoms with Crippen LogP contribution in [0.5, 0.6) is 5.75 Å². The average Bonchev–Trinajstić information content (AvgIpc) is 3.15. The van der Waals surface area contributed by atoms with Gasteiger partial charge in [0, 0.05) is 31.2 Å². The highest BCUT2D eigenvalue weighted by Gasteiger charge is 2.27. The van der Waals surface area contributed by atoms with Crippen molar-refractivity contribution in [2.75, 3.05) is 19.6 Å². The molecule has 1 saturated heterocycles. The largest absolute Gasteiger partial charge is 0.489 e. The third-order valence-electron chi connectivity index (χ3n) is 4.72. The minimum Gasteiger partial charge on any atom is -0.489 e. The molecule has 0 aromatic heterocycles. The van der Waals surface area contributed by atoms with Gasteiger partial charge in [0.2, 0.25) is 0 Å². The molecule has 1 atom stereocenters. The second-order valence-electron chi connectivity index (χ2n) is 7.05. The Labute approximate surface area is 165 Å². The molecule has 0 bridgehead atoms. The van der Waals surface area contributed by atoms with E-state index in [2.05, 4.69) is 16.7 Å². The van der Waals surface area contributed by atoms with Crippen LogP contribution in [0.25, 0.3) is 0 Å². The summed E-state index contributed by atoms with van der Waals surface area (Å²) >= 11 is 0. The molecule has 6 heteroatoms. The maximum atomic E-state index is 12.6. The quantitative estimate of drug-likeness (QED) is 0.808. The highest BCUT2D eigenvalue weighted by molar-refractivity contribution is 5.94. The van der Waals surface area contributed by atoms with E-state index in [4.69, 9.17) is 4.74 Å². The van der Waals surface area contributed by atoms with Crippen molar-refractivity contribution in [3.8, 4) is 5.75 Å². The van der Waals surface area contributed by atoms with Gasteiger partial charge in [0.25, 0.3) is 5.91 Å². The fraction of sp³-hybridized carbons (Fsp3) is 0.364. The molecule has 0 spiro atoms. The van der Waals surface area contributed by atoms with Crippen LogP contribution in [0.4, 0.5) is 4.79 Å². The molecule has 2 aromatic rings. The van der Waals surface area contributed by atoms with Crippen molar-refractivity contribution < 1.29 is 14.3 Å². The zero-order valence-electron chi connectivity index (χ0n) is 16.4. The lowest BCUT2D eigenvalue weighted by atomic mass is 10.1. The maximum Gasteiger partial charge on any atom is 0.317 e. The third-order valence-corrected chi connectivity index (χ3v) is 4.72. The fourth-order valence-electron chi connectivity index (χ4n) is 3.29. The van der Waals surface area contributed by atoms with Gasteiger partial charge in [-0.05, 0) is 44.0 Å². The molecule has 148 valence electrons. The van der Waals surface area contributed by atoms with E-state index in [1.165, 1.54) is 5.56 Å². The van der Waals surface area contributed by atoms with Gasteiger partial charge < -0.3 is 20.3 Å². The van der Waals surface area contributed by atoms with E-state index in [9.17, 15) is 9.59 Å². The molecule has 3 rings (SSSR count). The second-order valence-corrected chi connectivity index (χ2v) is 7.05. The molecule has 3 amide bonds. The summed E-state index contributed by atoms with van der Waals surface area (Å²) in [6, 6.07) is 15.2. The van der Waals surface area contributed by atoms with E-state index in [1.54, 1.807) is 17.0 Å². The van der Waals surface area contributed by atoms with Crippen LogP contribution in [-0.4, -0.2) is 42.5 Å². The molecule has 0 saturated carbocycles. The fourth-order valence-corrected chi connectivity index (χ4v) is 3.29. The van der Waals surface area contributed by atoms with Crippen molar-refractivity contribution in [1.29, 1.82) is 0 Å². The first kappa shape index (κ1) is 19.7. The van der Waals surface area contributed by atoms with Crippen molar-refractivity contribution in [3.63, 3.8) is 0 Å². The number of carbonyl (C=O) groups is 2. The van der Waals surface area contributed by atoms with Crippen LogP contribution in [-0.2, 0) is 6.61 Å². The topological polar surface area (TPSA) is 70.7 Å². The monoisotopic (exact) mass is 381 g/mol. The number of carbonyl (C=O) groups excluding carboxylic acids is 2. The van der Waals surface area contributed by atoms with Gasteiger partial charge >= 0.3 is 6.03 Å². The van der Waals surface area contributed by atoms with Gasteiger partial charge in [0.15, 0.2) is 0 Å². The molecule has 1 aliphatic rings. The summed E-state index contributed by atoms with van der Waals surface area (Å²) in [7, 11) is 0. The summed E-state index contributed by atoms with van der Waals surface area (Å²) < 4.78 is 5.84. The van der Waals surface area contributed by atoms with Gasteiger partial charge in [-0.3, -0.25) is 4.79 Å². The number of urea groups is 1. The van der Waals surface area contributed by atoms with Crippen molar-refractivity contribution in [3.05, 3.63) is 65.2 Å². The first-order valence-corrected chi connectivity index (χ1v) is 9.67. The number of likely N-dealkylation sites (tertiary alicyclic amines) is 1. The van der Waals surface area contributed by atoms with Gasteiger partial charge in [-0.15, -0.1) is 0 Å². The lowest BCUT2D eigenvalue weighted by molar-refractivity contribution is 0.0937. The van der Waals surface area contributed by atoms with Crippen molar-refractivity contribution in [2.45, 2.75) is 32.9 Å². The standard InChI is InChI=1S/C22H27N3O3/c1-3-23-22(27)25-11-10-19(14-25)24-21(26)18-8-5-9-20(13-18)28-15-17-7-4-6-16(2)12-17/h4-9,12-13,19H,3,10-11,14-15H2,1-2H3,(H,23,27)(H,24,26)/t19-/m1/s1. The van der Waals surface area contributed by atoms with Gasteiger partial charge in [0.05, 0.1) is 0 Å². The number of hydrogen-bond acceptors (Lipinski definition) is 3. The maximum absolute atomic E-state index is 12.6. The molecule has 2 N–H and O–H groups in total. The van der Waals surface area contributed by atoms with Crippen LogP contribution in [0.3, 0.4) is 0 Å². The Balaban J connectivity index is 1.54. The van der Waals surface area contributed by atoms with Crippen molar-refractivity contribution in [1.82, 2.24) is 15.5 Å². The normalized spacial score (nSPS) is 15.9. The molecule has 1 heterocycles. The van der Waals surface area contributed by atoms with Crippen LogP contribution < -0.4 is 15.4 Å². The summed E-state index contributed by atoms with van der Waals surface area (Å²) in [5, 5.41) is 5.80. The number of nitrogens with one attached hydrogen (secondary N) is 2. The van der Waals surface area contributed by atoms with Crippen LogP contribution >= 0.6 is 0 Å². The first-order valence-electron chi connectivity index (χ1n) is 9.67. The molecule has 0 radical (unpaired) electrons. The summed E-state index contributed by atoms with van der Waals surface area (Å²) in [5.41, 5.74) is 2.83. The van der Waals surface area contributed by atoms with Gasteiger partial charge in [-0.2, -0.15) is 0 Å². The number of hydrogen-bond donors (Lipinski definition) is 2. The molecule has 28 heavy (non-hydrogen) atoms. The van der Waals surface area contributed by atoms with E-state index in [0.717, 1.165) is 12.0 Å². The molecule has 0 unspecified atom stereocenters. The lowest BCUT2D eigenvalue weighted by Gasteiger charge is -2.17. The number of rotatable bonds is 6. The average molecular weight is 381 g/mol. The van der Waals surface area contributed by atoms with Crippen molar-refractivity contribution in [2.24, 2.45) is 0 Å². The second kappa shape index (κ2) is 9.26. The summed E-state index contributed by atoms with van der Waals surface area (Å²) in [5.74, 6) is 0.508. The molecule has 2 aromatic carbocycles. The zero-order valence-corrected chi connectivity index (χ0v) is 16.4. The highest BCUT2D eigenvalue weighted by Crippen LogP contribution is 2.17. The summed E-state index contributed by atoms with van der Waals surface area (Å²) in [4.78, 5) is 26.2. The number of benzene rings is 2. The number of nitrogens with zero attached hydrogens (tertiary/aromatic N) is 1. The van der Waals surface area contributed by atoms with E-state index in [1.807, 2.05) is 44.2 Å². The zero-order chi connectivity index (χ0) is 19.9. The lowest BCUT2D eigenvalue weighted by Crippen LogP contribution is -2.42. The minimum absolute atomic E-state index is 0.0352. The predicted molar refractivity (Wildman–Crippen MR) is 108 cm³/mol. The molecule has 0 aliphatic carbocycles.